The number of alkyl halides is 6. The highest BCUT2D eigenvalue weighted by atomic mass is 28.3. The zero-order valence-electron chi connectivity index (χ0n) is 34.0. The van der Waals surface area contributed by atoms with Crippen LogP contribution in [0.4, 0.5) is 26.3 Å². The third-order valence-corrected chi connectivity index (χ3v) is 16.5. The number of methoxy groups -OCH3 is 2. The monoisotopic (exact) mass is 832 g/mol. The standard InChI is InChI=1S/C44H50F6O7Si/c1-10-58(11-2,32-22-24-37(29(4)26-32)57-39(53)41(54-8,43(45,46)47)30-17-13-12-14-18-30)31-21-23-36(28(3)25-31)56-27-35(40(5,6)7)33-19-15-16-20-34(33)42(55-9,38(51)52)44(48,49)50/h12-26,35H,10-11,27H2,1-9H3,(H,51,52)/t35-,41+,42+/m0/s1. The zero-order valence-corrected chi connectivity index (χ0v) is 35.0. The summed E-state index contributed by atoms with van der Waals surface area (Å²) in [6.45, 7) is 13.1. The van der Waals surface area contributed by atoms with E-state index in [1.54, 1.807) is 19.1 Å². The van der Waals surface area contributed by atoms with Crippen molar-refractivity contribution in [2.75, 3.05) is 20.8 Å². The van der Waals surface area contributed by atoms with Crippen LogP contribution in [0.2, 0.25) is 12.1 Å². The molecule has 0 saturated carbocycles. The van der Waals surface area contributed by atoms with Gasteiger partial charge in [0.25, 0.3) is 11.2 Å². The highest BCUT2D eigenvalue weighted by molar-refractivity contribution is 7.02. The molecular weight excluding hydrogens is 783 g/mol. The summed E-state index contributed by atoms with van der Waals surface area (Å²) in [6.07, 6.45) is -10.4. The maximum Gasteiger partial charge on any atom is 0.432 e. The van der Waals surface area contributed by atoms with Crippen LogP contribution in [0.3, 0.4) is 0 Å². The number of aliphatic carboxylic acids is 1. The van der Waals surface area contributed by atoms with E-state index in [1.165, 1.54) is 36.4 Å². The predicted molar refractivity (Wildman–Crippen MR) is 212 cm³/mol. The zero-order chi connectivity index (χ0) is 43.5. The highest BCUT2D eigenvalue weighted by Gasteiger charge is 2.65. The van der Waals surface area contributed by atoms with Crippen molar-refractivity contribution < 1.29 is 60.0 Å². The molecule has 7 nitrogen and oxygen atoms in total. The molecule has 3 atom stereocenters. The molecule has 0 aromatic heterocycles. The smallest absolute Gasteiger partial charge is 0.432 e. The molecular formula is C44H50F6O7Si. The van der Waals surface area contributed by atoms with Crippen LogP contribution in [0.5, 0.6) is 11.5 Å². The van der Waals surface area contributed by atoms with E-state index in [-0.39, 0.29) is 17.9 Å². The molecule has 0 heterocycles. The highest BCUT2D eigenvalue weighted by Crippen LogP contribution is 2.48. The van der Waals surface area contributed by atoms with Gasteiger partial charge in [0.2, 0.25) is 0 Å². The number of benzene rings is 4. The van der Waals surface area contributed by atoms with Crippen LogP contribution in [0.25, 0.3) is 0 Å². The minimum absolute atomic E-state index is 0.0401. The van der Waals surface area contributed by atoms with E-state index in [0.29, 0.717) is 11.3 Å². The van der Waals surface area contributed by atoms with E-state index in [2.05, 4.69) is 13.8 Å². The number of halogens is 6. The minimum Gasteiger partial charge on any atom is -0.493 e. The van der Waals surface area contributed by atoms with Gasteiger partial charge < -0.3 is 24.1 Å². The molecule has 0 aliphatic carbocycles. The van der Waals surface area contributed by atoms with Crippen LogP contribution < -0.4 is 19.8 Å². The molecule has 314 valence electrons. The second-order valence-electron chi connectivity index (χ2n) is 15.4. The van der Waals surface area contributed by atoms with Crippen molar-refractivity contribution in [1.29, 1.82) is 0 Å². The van der Waals surface area contributed by atoms with Crippen LogP contribution in [0, 0.1) is 19.3 Å². The van der Waals surface area contributed by atoms with E-state index in [1.807, 2.05) is 52.0 Å². The fourth-order valence-electron chi connectivity index (χ4n) is 7.77. The average molecular weight is 833 g/mol. The van der Waals surface area contributed by atoms with Crippen molar-refractivity contribution >= 4 is 30.4 Å². The molecule has 4 aromatic rings. The average Bonchev–Trinajstić information content (AvgIpc) is 3.14. The van der Waals surface area contributed by atoms with Gasteiger partial charge in [0.05, 0.1) is 6.61 Å². The van der Waals surface area contributed by atoms with Gasteiger partial charge in [-0.1, -0.05) is 136 Å². The van der Waals surface area contributed by atoms with E-state index < -0.39 is 66.0 Å². The molecule has 58 heavy (non-hydrogen) atoms. The Kier molecular flexibility index (Phi) is 13.7. The molecule has 0 bridgehead atoms. The van der Waals surface area contributed by atoms with Crippen molar-refractivity contribution in [2.45, 2.75) is 90.0 Å². The fraction of sp³-hybridized carbons (Fsp3) is 0.409. The Hall–Kier alpha value is -4.66. The van der Waals surface area contributed by atoms with Crippen molar-refractivity contribution in [2.24, 2.45) is 5.41 Å². The number of carbonyl (C=O) groups excluding carboxylic acids is 1. The number of carboxylic acid groups (broad SMARTS) is 1. The lowest BCUT2D eigenvalue weighted by Gasteiger charge is -2.37. The van der Waals surface area contributed by atoms with E-state index in [4.69, 9.17) is 18.9 Å². The topological polar surface area (TPSA) is 91.3 Å². The molecule has 0 saturated heterocycles. The van der Waals surface area contributed by atoms with Gasteiger partial charge in [-0.25, -0.2) is 9.59 Å². The quantitative estimate of drug-likeness (QED) is 0.0553. The summed E-state index contributed by atoms with van der Waals surface area (Å²) in [6, 6.07) is 24.5. The van der Waals surface area contributed by atoms with Crippen LogP contribution in [-0.2, 0) is 30.3 Å². The number of esters is 1. The maximum absolute atomic E-state index is 14.5. The van der Waals surface area contributed by atoms with E-state index in [0.717, 1.165) is 60.4 Å². The minimum atomic E-state index is -5.27. The Bertz CT molecular complexity index is 2080. The normalized spacial score (nSPS) is 15.2. The Morgan fingerprint density at radius 2 is 1.17 bits per heavy atom. The van der Waals surface area contributed by atoms with Crippen molar-refractivity contribution in [3.05, 3.63) is 119 Å². The molecule has 0 aliphatic heterocycles. The van der Waals surface area contributed by atoms with Gasteiger partial charge in [-0.2, -0.15) is 26.3 Å². The lowest BCUT2D eigenvalue weighted by molar-refractivity contribution is -0.274. The number of carbonyl (C=O) groups is 2. The summed E-state index contributed by atoms with van der Waals surface area (Å²) in [5.41, 5.74) is -7.23. The molecule has 4 rings (SSSR count). The largest absolute Gasteiger partial charge is 0.493 e. The second-order valence-corrected chi connectivity index (χ2v) is 20.1. The Balaban J connectivity index is 1.68. The molecule has 4 aromatic carbocycles. The number of carboxylic acids is 1. The van der Waals surface area contributed by atoms with Gasteiger partial charge in [-0.05, 0) is 48.1 Å². The summed E-state index contributed by atoms with van der Waals surface area (Å²) >= 11 is 0. The number of ether oxygens (including phenoxy) is 4. The molecule has 0 fully saturated rings. The van der Waals surface area contributed by atoms with Gasteiger partial charge in [0, 0.05) is 31.3 Å². The predicted octanol–water partition coefficient (Wildman–Crippen LogP) is 9.61. The lowest BCUT2D eigenvalue weighted by atomic mass is 9.73. The Labute approximate surface area is 336 Å². The third kappa shape index (κ3) is 8.28. The summed E-state index contributed by atoms with van der Waals surface area (Å²) in [5.74, 6) is -4.06. The first kappa shape index (κ1) is 46.0. The molecule has 0 spiro atoms. The van der Waals surface area contributed by atoms with Gasteiger partial charge in [-0.15, -0.1) is 0 Å². The Morgan fingerprint density at radius 3 is 1.60 bits per heavy atom. The molecule has 14 heteroatoms. The molecule has 0 amide bonds. The number of hydrogen-bond acceptors (Lipinski definition) is 6. The number of rotatable bonds is 15. The summed E-state index contributed by atoms with van der Waals surface area (Å²) < 4.78 is 109. The van der Waals surface area contributed by atoms with Gasteiger partial charge in [-0.3, -0.25) is 0 Å². The Morgan fingerprint density at radius 1 is 0.690 bits per heavy atom. The molecule has 1 N–H and O–H groups in total. The summed E-state index contributed by atoms with van der Waals surface area (Å²) in [4.78, 5) is 25.7. The first-order valence-corrected chi connectivity index (χ1v) is 21.1. The number of hydrogen-bond donors (Lipinski definition) is 1. The maximum atomic E-state index is 14.5. The van der Waals surface area contributed by atoms with Crippen LogP contribution >= 0.6 is 0 Å². The third-order valence-electron chi connectivity index (χ3n) is 11.2. The van der Waals surface area contributed by atoms with Gasteiger partial charge >= 0.3 is 24.3 Å². The van der Waals surface area contributed by atoms with Crippen LogP contribution in [0.15, 0.2) is 91.0 Å². The lowest BCUT2D eigenvalue weighted by Crippen LogP contribution is -2.57. The molecule has 0 aliphatic rings. The van der Waals surface area contributed by atoms with Crippen LogP contribution in [-0.4, -0.2) is 58.3 Å². The fourth-order valence-corrected chi connectivity index (χ4v) is 12.0. The van der Waals surface area contributed by atoms with Crippen molar-refractivity contribution in [1.82, 2.24) is 0 Å². The summed E-state index contributed by atoms with van der Waals surface area (Å²) in [7, 11) is -0.999. The van der Waals surface area contributed by atoms with Crippen molar-refractivity contribution in [3.63, 3.8) is 0 Å². The summed E-state index contributed by atoms with van der Waals surface area (Å²) in [5, 5.41) is 11.9. The van der Waals surface area contributed by atoms with E-state index in [9.17, 15) is 41.0 Å². The molecule has 0 radical (unpaired) electrons. The van der Waals surface area contributed by atoms with Gasteiger partial charge in [0.1, 0.15) is 19.6 Å². The first-order chi connectivity index (χ1) is 27.0. The van der Waals surface area contributed by atoms with Crippen LogP contribution in [0.1, 0.15) is 68.4 Å². The van der Waals surface area contributed by atoms with Gasteiger partial charge in [0.15, 0.2) is 0 Å². The first-order valence-electron chi connectivity index (χ1n) is 18.7. The molecule has 0 unspecified atom stereocenters. The van der Waals surface area contributed by atoms with E-state index >= 15 is 0 Å². The number of aryl methyl sites for hydroxylation is 2. The van der Waals surface area contributed by atoms with Crippen molar-refractivity contribution in [3.8, 4) is 11.5 Å². The second kappa shape index (κ2) is 17.3. The SMILES string of the molecule is CC[Si](CC)(c1ccc(OC[C@@H](c2ccccc2[C@@](OC)(C(=O)O)C(F)(F)F)C(C)(C)C)c(C)c1)c1ccc(OC(=O)[C@](OC)(c2ccccc2)C(F)(F)F)c(C)c1.